The summed E-state index contributed by atoms with van der Waals surface area (Å²) < 4.78 is 36.8. The molecular formula is C14H13F3N2O2. The highest BCUT2D eigenvalue weighted by Crippen LogP contribution is 2.21. The van der Waals surface area contributed by atoms with Crippen molar-refractivity contribution in [3.05, 3.63) is 42.1 Å². The first-order chi connectivity index (χ1) is 9.79. The number of nitrogens with zero attached hydrogens (tertiary/aromatic N) is 2. The Morgan fingerprint density at radius 3 is 2.62 bits per heavy atom. The Balaban J connectivity index is 2.17. The quantitative estimate of drug-likeness (QED) is 0.945. The summed E-state index contributed by atoms with van der Waals surface area (Å²) in [7, 11) is 1.19. The molecule has 21 heavy (non-hydrogen) atoms. The Hall–Kier alpha value is -2.15. The second-order valence-corrected chi connectivity index (χ2v) is 4.63. The van der Waals surface area contributed by atoms with E-state index in [1.807, 2.05) is 12.1 Å². The van der Waals surface area contributed by atoms with Gasteiger partial charge in [-0.05, 0) is 12.1 Å². The molecule has 1 aromatic heterocycles. The lowest BCUT2D eigenvalue weighted by atomic mass is 10.2. The number of likely N-dealkylation sites (N-methyl/N-ethyl adjacent to an activating group) is 1. The van der Waals surface area contributed by atoms with Gasteiger partial charge in [-0.1, -0.05) is 24.3 Å². The predicted octanol–water partition coefficient (Wildman–Crippen LogP) is 2.23. The molecule has 0 bridgehead atoms. The van der Waals surface area contributed by atoms with Crippen LogP contribution in [0.4, 0.5) is 13.2 Å². The molecule has 2 rings (SSSR count). The van der Waals surface area contributed by atoms with Gasteiger partial charge in [0.2, 0.25) is 0 Å². The van der Waals surface area contributed by atoms with Crippen molar-refractivity contribution in [3.63, 3.8) is 0 Å². The van der Waals surface area contributed by atoms with E-state index < -0.39 is 24.7 Å². The topological polar surface area (TPSA) is 53.4 Å². The van der Waals surface area contributed by atoms with E-state index in [2.05, 4.69) is 4.98 Å². The largest absolute Gasteiger partial charge is 0.416 e. The average Bonchev–Trinajstić information content (AvgIpc) is 2.44. The fourth-order valence-electron chi connectivity index (χ4n) is 1.83. The molecule has 1 aromatic carbocycles. The third kappa shape index (κ3) is 3.49. The lowest BCUT2D eigenvalue weighted by Crippen LogP contribution is -2.42. The summed E-state index contributed by atoms with van der Waals surface area (Å²) in [5.41, 5.74) is 0.610. The van der Waals surface area contributed by atoms with Crippen LogP contribution in [0.2, 0.25) is 0 Å². The molecule has 1 atom stereocenters. The fourth-order valence-corrected chi connectivity index (χ4v) is 1.83. The Labute approximate surface area is 118 Å². The van der Waals surface area contributed by atoms with Gasteiger partial charge in [0.05, 0.1) is 12.1 Å². The van der Waals surface area contributed by atoms with Crippen LogP contribution in [0.1, 0.15) is 10.5 Å². The van der Waals surface area contributed by atoms with E-state index in [0.717, 1.165) is 10.3 Å². The van der Waals surface area contributed by atoms with E-state index in [4.69, 9.17) is 5.11 Å². The molecule has 112 valence electrons. The van der Waals surface area contributed by atoms with Gasteiger partial charge in [-0.15, -0.1) is 0 Å². The number of benzene rings is 1. The zero-order valence-electron chi connectivity index (χ0n) is 11.1. The van der Waals surface area contributed by atoms with Gasteiger partial charge in [-0.3, -0.25) is 4.79 Å². The zero-order valence-corrected chi connectivity index (χ0v) is 11.1. The predicted molar refractivity (Wildman–Crippen MR) is 70.8 cm³/mol. The van der Waals surface area contributed by atoms with Crippen LogP contribution in [0.15, 0.2) is 36.4 Å². The van der Waals surface area contributed by atoms with Crippen LogP contribution in [-0.2, 0) is 0 Å². The molecule has 1 unspecified atom stereocenters. The monoisotopic (exact) mass is 298 g/mol. The Bertz CT molecular complexity index is 658. The van der Waals surface area contributed by atoms with E-state index in [-0.39, 0.29) is 5.69 Å². The first-order valence-electron chi connectivity index (χ1n) is 6.15. The lowest BCUT2D eigenvalue weighted by Gasteiger charge is -2.22. The standard InChI is InChI=1S/C14H13F3N2O2/c1-19(8-12(20)14(15,16)17)13(21)11-7-6-9-4-2-3-5-10(9)18-11/h2-7,12,20H,8H2,1H3. The lowest BCUT2D eigenvalue weighted by molar-refractivity contribution is -0.205. The third-order valence-electron chi connectivity index (χ3n) is 2.99. The summed E-state index contributed by atoms with van der Waals surface area (Å²) in [4.78, 5) is 16.9. The molecule has 0 radical (unpaired) electrons. The van der Waals surface area contributed by atoms with E-state index in [9.17, 15) is 18.0 Å². The smallest absolute Gasteiger partial charge is 0.382 e. The van der Waals surface area contributed by atoms with Gasteiger partial charge >= 0.3 is 6.18 Å². The maximum atomic E-state index is 12.3. The van der Waals surface area contributed by atoms with Crippen molar-refractivity contribution in [2.75, 3.05) is 13.6 Å². The molecule has 4 nitrogen and oxygen atoms in total. The number of para-hydroxylation sites is 1. The minimum Gasteiger partial charge on any atom is -0.382 e. The highest BCUT2D eigenvalue weighted by Gasteiger charge is 2.39. The molecule has 0 saturated carbocycles. The Morgan fingerprint density at radius 1 is 1.29 bits per heavy atom. The minimum atomic E-state index is -4.76. The number of amides is 1. The first kappa shape index (κ1) is 15.2. The molecular weight excluding hydrogens is 285 g/mol. The molecule has 7 heteroatoms. The maximum absolute atomic E-state index is 12.3. The maximum Gasteiger partial charge on any atom is 0.416 e. The molecule has 0 saturated heterocycles. The van der Waals surface area contributed by atoms with E-state index in [1.165, 1.54) is 13.1 Å². The molecule has 1 amide bonds. The number of aliphatic hydroxyl groups is 1. The summed E-state index contributed by atoms with van der Waals surface area (Å²) in [6.45, 7) is -0.836. The van der Waals surface area contributed by atoms with Gasteiger partial charge < -0.3 is 10.0 Å². The van der Waals surface area contributed by atoms with Crippen molar-refractivity contribution < 1.29 is 23.1 Å². The molecule has 0 fully saturated rings. The molecule has 1 N–H and O–H groups in total. The van der Waals surface area contributed by atoms with Crippen LogP contribution >= 0.6 is 0 Å². The Kier molecular flexibility index (Phi) is 4.13. The number of carbonyl (C=O) groups excluding carboxylic acids is 1. The highest BCUT2D eigenvalue weighted by atomic mass is 19.4. The van der Waals surface area contributed by atoms with Crippen molar-refractivity contribution in [1.29, 1.82) is 0 Å². The highest BCUT2D eigenvalue weighted by molar-refractivity contribution is 5.94. The molecule has 2 aromatic rings. The third-order valence-corrected chi connectivity index (χ3v) is 2.99. The molecule has 0 aliphatic rings. The molecule has 0 aliphatic heterocycles. The molecule has 0 spiro atoms. The number of hydrogen-bond acceptors (Lipinski definition) is 3. The first-order valence-corrected chi connectivity index (χ1v) is 6.15. The summed E-state index contributed by atoms with van der Waals surface area (Å²) in [5.74, 6) is -0.677. The fraction of sp³-hybridized carbons (Fsp3) is 0.286. The second-order valence-electron chi connectivity index (χ2n) is 4.63. The van der Waals surface area contributed by atoms with Gasteiger partial charge in [0.15, 0.2) is 6.10 Å². The van der Waals surface area contributed by atoms with Crippen LogP contribution in [0.5, 0.6) is 0 Å². The number of carbonyl (C=O) groups is 1. The van der Waals surface area contributed by atoms with Crippen molar-refractivity contribution >= 4 is 16.8 Å². The number of pyridine rings is 1. The van der Waals surface area contributed by atoms with Crippen LogP contribution in [0.3, 0.4) is 0 Å². The van der Waals surface area contributed by atoms with Crippen molar-refractivity contribution in [3.8, 4) is 0 Å². The number of halogens is 3. The van der Waals surface area contributed by atoms with Crippen LogP contribution in [0.25, 0.3) is 10.9 Å². The van der Waals surface area contributed by atoms with Gasteiger partial charge in [0, 0.05) is 12.4 Å². The zero-order chi connectivity index (χ0) is 15.6. The summed E-state index contributed by atoms with van der Waals surface area (Å²) in [6, 6.07) is 10.2. The SMILES string of the molecule is CN(CC(O)C(F)(F)F)C(=O)c1ccc2ccccc2n1. The number of alkyl halides is 3. The van der Waals surface area contributed by atoms with Crippen molar-refractivity contribution in [2.24, 2.45) is 0 Å². The number of hydrogen-bond donors (Lipinski definition) is 1. The van der Waals surface area contributed by atoms with E-state index in [1.54, 1.807) is 18.2 Å². The van der Waals surface area contributed by atoms with Crippen LogP contribution in [0, 0.1) is 0 Å². The summed E-state index contributed by atoms with van der Waals surface area (Å²) >= 11 is 0. The normalized spacial score (nSPS) is 13.2. The summed E-state index contributed by atoms with van der Waals surface area (Å²) in [6.07, 6.45) is -7.34. The van der Waals surface area contributed by atoms with Gasteiger partial charge in [0.1, 0.15) is 5.69 Å². The summed E-state index contributed by atoms with van der Waals surface area (Å²) in [5, 5.41) is 9.81. The van der Waals surface area contributed by atoms with Crippen LogP contribution in [-0.4, -0.2) is 46.8 Å². The van der Waals surface area contributed by atoms with Crippen molar-refractivity contribution in [1.82, 2.24) is 9.88 Å². The minimum absolute atomic E-state index is 0.0329. The van der Waals surface area contributed by atoms with E-state index >= 15 is 0 Å². The average molecular weight is 298 g/mol. The number of aromatic nitrogens is 1. The van der Waals surface area contributed by atoms with Crippen LogP contribution < -0.4 is 0 Å². The van der Waals surface area contributed by atoms with E-state index in [0.29, 0.717) is 5.52 Å². The second kappa shape index (κ2) is 5.69. The molecule has 1 heterocycles. The van der Waals surface area contributed by atoms with Gasteiger partial charge in [-0.2, -0.15) is 13.2 Å². The van der Waals surface area contributed by atoms with Crippen molar-refractivity contribution in [2.45, 2.75) is 12.3 Å². The van der Waals surface area contributed by atoms with Gasteiger partial charge in [-0.25, -0.2) is 4.98 Å². The van der Waals surface area contributed by atoms with Gasteiger partial charge in [0.25, 0.3) is 5.91 Å². The number of rotatable bonds is 3. The molecule has 0 aliphatic carbocycles. The number of fused-ring (bicyclic) bond motifs is 1. The Morgan fingerprint density at radius 2 is 1.95 bits per heavy atom. The number of aliphatic hydroxyl groups excluding tert-OH is 1.